The summed E-state index contributed by atoms with van der Waals surface area (Å²) >= 11 is 0. The van der Waals surface area contributed by atoms with Gasteiger partial charge in [-0.05, 0) is 18.6 Å². The van der Waals surface area contributed by atoms with Crippen LogP contribution in [0.25, 0.3) is 0 Å². The zero-order valence-corrected chi connectivity index (χ0v) is 10.2. The molecule has 0 radical (unpaired) electrons. The first-order valence-electron chi connectivity index (χ1n) is 5.15. The quantitative estimate of drug-likeness (QED) is 0.873. The fourth-order valence-corrected chi connectivity index (χ4v) is 2.72. The molecule has 0 aliphatic rings. The van der Waals surface area contributed by atoms with E-state index in [1.54, 1.807) is 6.92 Å². The summed E-state index contributed by atoms with van der Waals surface area (Å²) in [5.74, 6) is -0.799. The van der Waals surface area contributed by atoms with Crippen LogP contribution in [0.3, 0.4) is 0 Å². The van der Waals surface area contributed by atoms with Crippen LogP contribution in [0.2, 0.25) is 0 Å². The molecule has 1 rings (SSSR count). The number of rotatable bonds is 5. The number of sulfonamides is 1. The number of nitrogens with zero attached hydrogens (tertiary/aromatic N) is 1. The van der Waals surface area contributed by atoms with E-state index in [-0.39, 0.29) is 6.42 Å². The highest BCUT2D eigenvalue weighted by molar-refractivity contribution is 7.89. The standard InChI is InChI=1S/C11H13FN2O2S/c1-2-9(7-8-13)14-17(15,16)11-6-4-3-5-10(11)12/h3-6,9,14H,2,7H2,1H3. The first-order valence-corrected chi connectivity index (χ1v) is 6.63. The van der Waals surface area contributed by atoms with Crippen molar-refractivity contribution in [3.05, 3.63) is 30.1 Å². The normalized spacial score (nSPS) is 13.0. The summed E-state index contributed by atoms with van der Waals surface area (Å²) in [5.41, 5.74) is 0. The van der Waals surface area contributed by atoms with E-state index < -0.39 is 26.8 Å². The van der Waals surface area contributed by atoms with Gasteiger partial charge in [-0.3, -0.25) is 0 Å². The second kappa shape index (κ2) is 5.75. The summed E-state index contributed by atoms with van der Waals surface area (Å²) < 4.78 is 39.3. The van der Waals surface area contributed by atoms with Crippen molar-refractivity contribution in [2.75, 3.05) is 0 Å². The van der Waals surface area contributed by atoms with Gasteiger partial charge in [0, 0.05) is 6.04 Å². The minimum Gasteiger partial charge on any atom is -0.207 e. The molecule has 0 bridgehead atoms. The van der Waals surface area contributed by atoms with Gasteiger partial charge in [0.25, 0.3) is 0 Å². The van der Waals surface area contributed by atoms with Crippen LogP contribution in [0.15, 0.2) is 29.2 Å². The molecule has 92 valence electrons. The van der Waals surface area contributed by atoms with Crippen LogP contribution < -0.4 is 4.72 Å². The second-order valence-corrected chi connectivity index (χ2v) is 5.20. The smallest absolute Gasteiger partial charge is 0.207 e. The van der Waals surface area contributed by atoms with Gasteiger partial charge in [0.05, 0.1) is 12.5 Å². The predicted molar refractivity (Wildman–Crippen MR) is 61.0 cm³/mol. The van der Waals surface area contributed by atoms with Gasteiger partial charge in [0.15, 0.2) is 0 Å². The van der Waals surface area contributed by atoms with E-state index in [1.807, 2.05) is 6.07 Å². The van der Waals surface area contributed by atoms with E-state index >= 15 is 0 Å². The molecule has 0 amide bonds. The minimum absolute atomic E-state index is 0.0597. The van der Waals surface area contributed by atoms with Crippen molar-refractivity contribution in [1.29, 1.82) is 5.26 Å². The number of hydrogen-bond donors (Lipinski definition) is 1. The summed E-state index contributed by atoms with van der Waals surface area (Å²) in [6.45, 7) is 1.76. The van der Waals surface area contributed by atoms with Gasteiger partial charge in [0.2, 0.25) is 10.0 Å². The van der Waals surface area contributed by atoms with Crippen LogP contribution in [-0.2, 0) is 10.0 Å². The Hall–Kier alpha value is -1.45. The molecule has 6 heteroatoms. The highest BCUT2D eigenvalue weighted by Crippen LogP contribution is 2.14. The molecular weight excluding hydrogens is 243 g/mol. The molecule has 1 N–H and O–H groups in total. The van der Waals surface area contributed by atoms with Crippen LogP contribution in [-0.4, -0.2) is 14.5 Å². The van der Waals surface area contributed by atoms with Gasteiger partial charge in [-0.25, -0.2) is 17.5 Å². The van der Waals surface area contributed by atoms with E-state index in [4.69, 9.17) is 5.26 Å². The van der Waals surface area contributed by atoms with Gasteiger partial charge in [-0.15, -0.1) is 0 Å². The third-order valence-corrected chi connectivity index (χ3v) is 3.83. The average Bonchev–Trinajstić information content (AvgIpc) is 2.28. The molecule has 1 atom stereocenters. The van der Waals surface area contributed by atoms with Crippen molar-refractivity contribution < 1.29 is 12.8 Å². The SMILES string of the molecule is CCC(CC#N)NS(=O)(=O)c1ccccc1F. The van der Waals surface area contributed by atoms with E-state index in [0.29, 0.717) is 6.42 Å². The van der Waals surface area contributed by atoms with Gasteiger partial charge in [-0.1, -0.05) is 19.1 Å². The Morgan fingerprint density at radius 3 is 2.65 bits per heavy atom. The van der Waals surface area contributed by atoms with Crippen LogP contribution in [0.5, 0.6) is 0 Å². The maximum Gasteiger partial charge on any atom is 0.243 e. The highest BCUT2D eigenvalue weighted by atomic mass is 32.2. The van der Waals surface area contributed by atoms with Crippen molar-refractivity contribution >= 4 is 10.0 Å². The largest absolute Gasteiger partial charge is 0.243 e. The van der Waals surface area contributed by atoms with Crippen molar-refractivity contribution in [2.24, 2.45) is 0 Å². The first-order chi connectivity index (χ1) is 8.01. The molecular formula is C11H13FN2O2S. The Bertz CT molecular complexity index is 523. The molecule has 17 heavy (non-hydrogen) atoms. The maximum atomic E-state index is 13.3. The second-order valence-electron chi connectivity index (χ2n) is 3.52. The summed E-state index contributed by atoms with van der Waals surface area (Å²) in [6, 6.07) is 6.53. The number of benzene rings is 1. The zero-order valence-electron chi connectivity index (χ0n) is 9.35. The van der Waals surface area contributed by atoms with Crippen molar-refractivity contribution in [1.82, 2.24) is 4.72 Å². The monoisotopic (exact) mass is 256 g/mol. The molecule has 4 nitrogen and oxygen atoms in total. The third kappa shape index (κ3) is 3.51. The maximum absolute atomic E-state index is 13.3. The number of nitriles is 1. The van der Waals surface area contributed by atoms with Crippen molar-refractivity contribution in [2.45, 2.75) is 30.7 Å². The molecule has 0 saturated carbocycles. The molecule has 0 aliphatic carbocycles. The highest BCUT2D eigenvalue weighted by Gasteiger charge is 2.21. The van der Waals surface area contributed by atoms with Crippen LogP contribution >= 0.6 is 0 Å². The van der Waals surface area contributed by atoms with Crippen LogP contribution in [0.4, 0.5) is 4.39 Å². The van der Waals surface area contributed by atoms with E-state index in [9.17, 15) is 12.8 Å². The Labute approximate surface area is 100 Å². The number of hydrogen-bond acceptors (Lipinski definition) is 3. The lowest BCUT2D eigenvalue weighted by atomic mass is 10.2. The fraction of sp³-hybridized carbons (Fsp3) is 0.364. The first kappa shape index (κ1) is 13.6. The topological polar surface area (TPSA) is 70.0 Å². The lowest BCUT2D eigenvalue weighted by molar-refractivity contribution is 0.530. The third-order valence-electron chi connectivity index (χ3n) is 2.28. The molecule has 0 aliphatic heterocycles. The Balaban J connectivity index is 2.97. The van der Waals surface area contributed by atoms with Gasteiger partial charge < -0.3 is 0 Å². The van der Waals surface area contributed by atoms with Crippen molar-refractivity contribution in [3.8, 4) is 6.07 Å². The Morgan fingerprint density at radius 2 is 2.12 bits per heavy atom. The molecule has 1 unspecified atom stereocenters. The fourth-order valence-electron chi connectivity index (χ4n) is 1.33. The lowest BCUT2D eigenvalue weighted by Crippen LogP contribution is -2.34. The van der Waals surface area contributed by atoms with E-state index in [1.165, 1.54) is 18.2 Å². The molecule has 0 aromatic heterocycles. The van der Waals surface area contributed by atoms with Crippen molar-refractivity contribution in [3.63, 3.8) is 0 Å². The molecule has 0 spiro atoms. The summed E-state index contributed by atoms with van der Waals surface area (Å²) in [6.07, 6.45) is 0.533. The average molecular weight is 256 g/mol. The molecule has 0 heterocycles. The summed E-state index contributed by atoms with van der Waals surface area (Å²) in [4.78, 5) is -0.392. The summed E-state index contributed by atoms with van der Waals surface area (Å²) in [5, 5.41) is 8.53. The Morgan fingerprint density at radius 1 is 1.47 bits per heavy atom. The Kier molecular flexibility index (Phi) is 4.61. The van der Waals surface area contributed by atoms with E-state index in [2.05, 4.69) is 4.72 Å². The number of nitrogens with one attached hydrogen (secondary N) is 1. The molecule has 0 saturated heterocycles. The molecule has 0 fully saturated rings. The number of halogens is 1. The lowest BCUT2D eigenvalue weighted by Gasteiger charge is -2.14. The molecule has 1 aromatic carbocycles. The summed E-state index contributed by atoms with van der Waals surface area (Å²) in [7, 11) is -3.90. The van der Waals surface area contributed by atoms with Crippen LogP contribution in [0, 0.1) is 17.1 Å². The predicted octanol–water partition coefficient (Wildman–Crippen LogP) is 1.80. The molecule has 1 aromatic rings. The van der Waals surface area contributed by atoms with Gasteiger partial charge >= 0.3 is 0 Å². The van der Waals surface area contributed by atoms with Gasteiger partial charge in [-0.2, -0.15) is 5.26 Å². The minimum atomic E-state index is -3.90. The zero-order chi connectivity index (χ0) is 12.9. The van der Waals surface area contributed by atoms with Crippen LogP contribution in [0.1, 0.15) is 19.8 Å². The van der Waals surface area contributed by atoms with E-state index in [0.717, 1.165) is 6.07 Å². The van der Waals surface area contributed by atoms with Gasteiger partial charge in [0.1, 0.15) is 10.7 Å².